The first-order chi connectivity index (χ1) is 6.09. The number of anilines is 1. The third kappa shape index (κ3) is 2.68. The molecule has 0 aliphatic carbocycles. The van der Waals surface area contributed by atoms with E-state index in [4.69, 9.17) is 5.73 Å². The van der Waals surface area contributed by atoms with Crippen molar-refractivity contribution in [1.29, 1.82) is 0 Å². The monoisotopic (exact) mass is 181 g/mol. The van der Waals surface area contributed by atoms with E-state index in [0.29, 0.717) is 5.82 Å². The molecule has 0 unspecified atom stereocenters. The minimum Gasteiger partial charge on any atom is -0.382 e. The first-order valence-electron chi connectivity index (χ1n) is 3.67. The van der Waals surface area contributed by atoms with Gasteiger partial charge in [0.15, 0.2) is 5.69 Å². The lowest BCUT2D eigenvalue weighted by molar-refractivity contribution is 0.0850. The lowest BCUT2D eigenvalue weighted by Crippen LogP contribution is -2.36. The fourth-order valence-electron chi connectivity index (χ4n) is 0.724. The summed E-state index contributed by atoms with van der Waals surface area (Å²) in [6, 6.07) is 3.04. The van der Waals surface area contributed by atoms with Crippen LogP contribution in [0.15, 0.2) is 12.1 Å². The second-order valence-corrected chi connectivity index (χ2v) is 2.68. The number of nitrogens with one attached hydrogen (secondary N) is 1. The van der Waals surface area contributed by atoms with Gasteiger partial charge in [0.25, 0.3) is 5.91 Å². The smallest absolute Gasteiger partial charge is 0.286 e. The number of hydrogen-bond acceptors (Lipinski definition) is 5. The molecule has 0 saturated carbocycles. The molecule has 1 rings (SSSR count). The summed E-state index contributed by atoms with van der Waals surface area (Å²) >= 11 is 0. The molecule has 3 N–H and O–H groups in total. The van der Waals surface area contributed by atoms with Crippen molar-refractivity contribution in [3.05, 3.63) is 17.8 Å². The lowest BCUT2D eigenvalue weighted by atomic mass is 10.4. The van der Waals surface area contributed by atoms with Crippen molar-refractivity contribution >= 4 is 11.7 Å². The average molecular weight is 181 g/mol. The third-order valence-corrected chi connectivity index (χ3v) is 1.24. The largest absolute Gasteiger partial charge is 0.382 e. The van der Waals surface area contributed by atoms with Crippen LogP contribution in [0.5, 0.6) is 0 Å². The summed E-state index contributed by atoms with van der Waals surface area (Å²) < 4.78 is 0. The van der Waals surface area contributed by atoms with Gasteiger partial charge in [0.1, 0.15) is 5.82 Å². The number of carbonyl (C=O) groups is 1. The molecule has 6 heteroatoms. The molecule has 1 heterocycles. The van der Waals surface area contributed by atoms with Gasteiger partial charge in [0.05, 0.1) is 0 Å². The van der Waals surface area contributed by atoms with Crippen LogP contribution in [0.2, 0.25) is 0 Å². The van der Waals surface area contributed by atoms with Crippen molar-refractivity contribution in [2.45, 2.75) is 0 Å². The molecule has 0 aliphatic heterocycles. The molecule has 0 radical (unpaired) electrons. The minimum atomic E-state index is -0.308. The summed E-state index contributed by atoms with van der Waals surface area (Å²) in [4.78, 5) is 11.3. The van der Waals surface area contributed by atoms with Crippen molar-refractivity contribution in [1.82, 2.24) is 20.6 Å². The highest BCUT2D eigenvalue weighted by Crippen LogP contribution is 1.96. The van der Waals surface area contributed by atoms with Gasteiger partial charge in [0.2, 0.25) is 0 Å². The summed E-state index contributed by atoms with van der Waals surface area (Å²) in [5.74, 6) is -0.0149. The Labute approximate surface area is 75.7 Å². The van der Waals surface area contributed by atoms with E-state index in [0.717, 1.165) is 0 Å². The Morgan fingerprint density at radius 2 is 2.15 bits per heavy atom. The number of nitrogens with two attached hydrogens (primary N) is 1. The zero-order valence-corrected chi connectivity index (χ0v) is 7.48. The van der Waals surface area contributed by atoms with Gasteiger partial charge in [-0.05, 0) is 12.1 Å². The lowest BCUT2D eigenvalue weighted by Gasteiger charge is -2.10. The van der Waals surface area contributed by atoms with Gasteiger partial charge in [-0.25, -0.2) is 5.01 Å². The Balaban J connectivity index is 2.72. The van der Waals surface area contributed by atoms with Crippen molar-refractivity contribution in [3.8, 4) is 0 Å². The Kier molecular flexibility index (Phi) is 2.76. The van der Waals surface area contributed by atoms with Gasteiger partial charge < -0.3 is 5.73 Å². The van der Waals surface area contributed by atoms with Gasteiger partial charge in [-0.1, -0.05) is 0 Å². The van der Waals surface area contributed by atoms with E-state index in [-0.39, 0.29) is 11.6 Å². The van der Waals surface area contributed by atoms with Crippen LogP contribution in [-0.4, -0.2) is 35.2 Å². The number of aromatic nitrogens is 2. The molecule has 6 nitrogen and oxygen atoms in total. The zero-order chi connectivity index (χ0) is 9.84. The molecule has 1 amide bonds. The molecule has 0 aliphatic rings. The SMILES string of the molecule is CN(C)NC(=O)c1ccc(N)nn1. The van der Waals surface area contributed by atoms with E-state index in [2.05, 4.69) is 15.6 Å². The highest BCUT2D eigenvalue weighted by Gasteiger charge is 2.07. The number of carbonyl (C=O) groups excluding carboxylic acids is 1. The Morgan fingerprint density at radius 3 is 2.62 bits per heavy atom. The molecule has 1 aromatic heterocycles. The van der Waals surface area contributed by atoms with Gasteiger partial charge in [-0.2, -0.15) is 0 Å². The fraction of sp³-hybridized carbons (Fsp3) is 0.286. The van der Waals surface area contributed by atoms with Gasteiger partial charge >= 0.3 is 0 Å². The van der Waals surface area contributed by atoms with Crippen LogP contribution in [0.25, 0.3) is 0 Å². The van der Waals surface area contributed by atoms with E-state index < -0.39 is 0 Å². The van der Waals surface area contributed by atoms with Gasteiger partial charge in [-0.3, -0.25) is 10.2 Å². The van der Waals surface area contributed by atoms with Crippen LogP contribution in [0.4, 0.5) is 5.82 Å². The molecule has 0 saturated heterocycles. The van der Waals surface area contributed by atoms with Crippen LogP contribution < -0.4 is 11.2 Å². The maximum absolute atomic E-state index is 11.3. The van der Waals surface area contributed by atoms with Crippen LogP contribution in [0.1, 0.15) is 10.5 Å². The predicted molar refractivity (Wildman–Crippen MR) is 47.6 cm³/mol. The van der Waals surface area contributed by atoms with Crippen LogP contribution >= 0.6 is 0 Å². The third-order valence-electron chi connectivity index (χ3n) is 1.24. The highest BCUT2D eigenvalue weighted by molar-refractivity contribution is 5.91. The number of amides is 1. The molecule has 0 aromatic carbocycles. The molecule has 13 heavy (non-hydrogen) atoms. The predicted octanol–water partition coefficient (Wildman–Crippen LogP) is -0.735. The summed E-state index contributed by atoms with van der Waals surface area (Å²) in [7, 11) is 3.42. The number of hydrogen-bond donors (Lipinski definition) is 2. The number of hydrazine groups is 1. The maximum atomic E-state index is 11.3. The molecular weight excluding hydrogens is 170 g/mol. The second-order valence-electron chi connectivity index (χ2n) is 2.68. The molecule has 0 atom stereocenters. The summed E-state index contributed by atoms with van der Waals surface area (Å²) in [6.07, 6.45) is 0. The first kappa shape index (κ1) is 9.40. The number of rotatable bonds is 2. The van der Waals surface area contributed by atoms with E-state index in [1.54, 1.807) is 14.1 Å². The van der Waals surface area contributed by atoms with Crippen molar-refractivity contribution in [3.63, 3.8) is 0 Å². The minimum absolute atomic E-state index is 0.239. The Bertz CT molecular complexity index is 294. The molecule has 0 bridgehead atoms. The Hall–Kier alpha value is -1.69. The topological polar surface area (TPSA) is 84.1 Å². The van der Waals surface area contributed by atoms with E-state index >= 15 is 0 Å². The Morgan fingerprint density at radius 1 is 1.46 bits per heavy atom. The molecule has 0 fully saturated rings. The molecule has 70 valence electrons. The first-order valence-corrected chi connectivity index (χ1v) is 3.67. The molecular formula is C7H11N5O. The molecule has 1 aromatic rings. The summed E-state index contributed by atoms with van der Waals surface area (Å²) in [6.45, 7) is 0. The number of nitrogen functional groups attached to an aromatic ring is 1. The van der Waals surface area contributed by atoms with E-state index in [1.807, 2.05) is 0 Å². The van der Waals surface area contributed by atoms with Gasteiger partial charge in [0, 0.05) is 14.1 Å². The van der Waals surface area contributed by atoms with E-state index in [1.165, 1.54) is 17.1 Å². The normalized spacial score (nSPS) is 10.1. The summed E-state index contributed by atoms with van der Waals surface area (Å²) in [5.41, 5.74) is 8.08. The van der Waals surface area contributed by atoms with Crippen molar-refractivity contribution in [2.24, 2.45) is 0 Å². The molecule has 0 spiro atoms. The summed E-state index contributed by atoms with van der Waals surface area (Å²) in [5, 5.41) is 8.70. The van der Waals surface area contributed by atoms with Crippen molar-refractivity contribution in [2.75, 3.05) is 19.8 Å². The van der Waals surface area contributed by atoms with Crippen LogP contribution in [0.3, 0.4) is 0 Å². The highest BCUT2D eigenvalue weighted by atomic mass is 16.2. The number of nitrogens with zero attached hydrogens (tertiary/aromatic N) is 3. The van der Waals surface area contributed by atoms with Crippen LogP contribution in [-0.2, 0) is 0 Å². The average Bonchev–Trinajstić information content (AvgIpc) is 2.04. The maximum Gasteiger partial charge on any atom is 0.286 e. The quantitative estimate of drug-likeness (QED) is 0.587. The second kappa shape index (κ2) is 3.81. The standard InChI is InChI=1S/C7H11N5O/c1-12(2)11-7(13)5-3-4-6(8)10-9-5/h3-4H,1-2H3,(H2,8,10)(H,11,13). The fourth-order valence-corrected chi connectivity index (χ4v) is 0.724. The van der Waals surface area contributed by atoms with Crippen LogP contribution in [0, 0.1) is 0 Å². The zero-order valence-electron chi connectivity index (χ0n) is 7.48. The van der Waals surface area contributed by atoms with Gasteiger partial charge in [-0.15, -0.1) is 10.2 Å². The van der Waals surface area contributed by atoms with Crippen molar-refractivity contribution < 1.29 is 4.79 Å². The van der Waals surface area contributed by atoms with E-state index in [9.17, 15) is 4.79 Å².